The average Bonchev–Trinajstić information content (AvgIpc) is 3.12. The van der Waals surface area contributed by atoms with Crippen molar-refractivity contribution in [2.45, 2.75) is 63.3 Å². The lowest BCUT2D eigenvalue weighted by atomic mass is 9.73. The van der Waals surface area contributed by atoms with E-state index in [1.54, 1.807) is 11.3 Å². The number of methoxy groups -OCH3 is 1. The van der Waals surface area contributed by atoms with Crippen LogP contribution in [0.3, 0.4) is 0 Å². The van der Waals surface area contributed by atoms with E-state index in [2.05, 4.69) is 31.4 Å². The molecule has 0 aromatic carbocycles. The molecule has 1 aliphatic carbocycles. The third kappa shape index (κ3) is 3.63. The third-order valence-electron chi connectivity index (χ3n) is 4.97. The quantitative estimate of drug-likeness (QED) is 0.722. The lowest BCUT2D eigenvalue weighted by Crippen LogP contribution is -2.38. The zero-order valence-electron chi connectivity index (χ0n) is 14.2. The molecule has 4 unspecified atom stereocenters. The van der Waals surface area contributed by atoms with Crippen molar-refractivity contribution < 1.29 is 9.84 Å². The van der Waals surface area contributed by atoms with Crippen LogP contribution in [0.2, 0.25) is 0 Å². The lowest BCUT2D eigenvalue weighted by Gasteiger charge is -2.36. The van der Waals surface area contributed by atoms with Crippen LogP contribution in [0.4, 0.5) is 0 Å². The second-order valence-electron chi connectivity index (χ2n) is 7.55. The van der Waals surface area contributed by atoms with Crippen molar-refractivity contribution in [2.24, 2.45) is 11.7 Å². The highest BCUT2D eigenvalue weighted by Gasteiger charge is 2.40. The van der Waals surface area contributed by atoms with E-state index in [1.807, 2.05) is 6.07 Å². The molecule has 2 aliphatic rings. The monoisotopic (exact) mass is 336 g/mol. The number of ether oxygens (including phenoxy) is 1. The fraction of sp³-hybridized carbons (Fsp3) is 0.667. The van der Waals surface area contributed by atoms with Crippen LogP contribution in [0.15, 0.2) is 23.9 Å². The van der Waals surface area contributed by atoms with Crippen molar-refractivity contribution in [3.63, 3.8) is 0 Å². The summed E-state index contributed by atoms with van der Waals surface area (Å²) in [6, 6.07) is 4.61. The highest BCUT2D eigenvalue weighted by atomic mass is 32.1. The van der Waals surface area contributed by atoms with E-state index in [-0.39, 0.29) is 5.54 Å². The molecule has 4 atom stereocenters. The Hall–Kier alpha value is -0.880. The number of fused-ring (bicyclic) bond motifs is 1. The Bertz CT molecular complexity index is 576. The van der Waals surface area contributed by atoms with E-state index >= 15 is 0 Å². The van der Waals surface area contributed by atoms with Crippen LogP contribution >= 0.6 is 11.3 Å². The minimum absolute atomic E-state index is 0.159. The molecule has 5 heteroatoms. The van der Waals surface area contributed by atoms with Gasteiger partial charge in [0.15, 0.2) is 6.29 Å². The average molecular weight is 337 g/mol. The van der Waals surface area contributed by atoms with Crippen molar-refractivity contribution >= 4 is 11.3 Å². The van der Waals surface area contributed by atoms with Crippen molar-refractivity contribution in [1.82, 2.24) is 5.32 Å². The number of thiophene rings is 1. The second kappa shape index (κ2) is 6.55. The van der Waals surface area contributed by atoms with E-state index in [9.17, 15) is 5.11 Å². The summed E-state index contributed by atoms with van der Waals surface area (Å²) < 4.78 is 5.02. The van der Waals surface area contributed by atoms with Gasteiger partial charge in [-0.05, 0) is 57.0 Å². The van der Waals surface area contributed by atoms with Gasteiger partial charge in [0.2, 0.25) is 0 Å². The molecule has 0 radical (unpaired) electrons. The number of nitrogens with two attached hydrogens (primary N) is 1. The maximum Gasteiger partial charge on any atom is 0.190 e. The van der Waals surface area contributed by atoms with E-state index < -0.39 is 6.29 Å². The Labute approximate surface area is 142 Å². The van der Waals surface area contributed by atoms with Gasteiger partial charge >= 0.3 is 0 Å². The van der Waals surface area contributed by atoms with Gasteiger partial charge < -0.3 is 20.9 Å². The zero-order valence-corrected chi connectivity index (χ0v) is 15.0. The first-order valence-electron chi connectivity index (χ1n) is 8.43. The third-order valence-corrected chi connectivity index (χ3v) is 6.22. The van der Waals surface area contributed by atoms with Gasteiger partial charge in [0.25, 0.3) is 0 Å². The Balaban J connectivity index is 1.75. The molecule has 23 heavy (non-hydrogen) atoms. The predicted octanol–water partition coefficient (Wildman–Crippen LogP) is 3.25. The van der Waals surface area contributed by atoms with Gasteiger partial charge in [-0.15, -0.1) is 11.3 Å². The van der Waals surface area contributed by atoms with Gasteiger partial charge in [0, 0.05) is 35.4 Å². The lowest BCUT2D eigenvalue weighted by molar-refractivity contribution is -0.0743. The first-order valence-corrected chi connectivity index (χ1v) is 9.25. The summed E-state index contributed by atoms with van der Waals surface area (Å²) in [5.41, 5.74) is 7.54. The van der Waals surface area contributed by atoms with Crippen LogP contribution < -0.4 is 11.1 Å². The highest BCUT2D eigenvalue weighted by Crippen LogP contribution is 2.45. The van der Waals surface area contributed by atoms with E-state index in [0.29, 0.717) is 17.9 Å². The first-order chi connectivity index (χ1) is 10.9. The molecule has 0 saturated heterocycles. The molecule has 1 aliphatic heterocycles. The maximum atomic E-state index is 9.85. The topological polar surface area (TPSA) is 67.5 Å². The van der Waals surface area contributed by atoms with Gasteiger partial charge in [-0.3, -0.25) is 0 Å². The molecule has 2 heterocycles. The summed E-state index contributed by atoms with van der Waals surface area (Å²) >= 11 is 1.67. The molecule has 1 aromatic rings. The first kappa shape index (κ1) is 17.0. The summed E-state index contributed by atoms with van der Waals surface area (Å²) in [6.07, 6.45) is 6.04. The largest absolute Gasteiger partial charge is 0.387 e. The normalized spacial score (nSPS) is 28.9. The number of hydrogen-bond acceptors (Lipinski definition) is 5. The SMILES string of the molecule is COC(O)c1ccc(C2CCCC3C(CC(C)(C)N)=CNC32)s1. The summed E-state index contributed by atoms with van der Waals surface area (Å²) in [5, 5.41) is 13.5. The minimum Gasteiger partial charge on any atom is -0.387 e. The number of rotatable bonds is 5. The maximum absolute atomic E-state index is 9.85. The Morgan fingerprint density at radius 3 is 2.83 bits per heavy atom. The van der Waals surface area contributed by atoms with Crippen molar-refractivity contribution in [3.05, 3.63) is 33.7 Å². The molecule has 4 N–H and O–H groups in total. The van der Waals surface area contributed by atoms with Crippen LogP contribution in [-0.2, 0) is 4.74 Å². The second-order valence-corrected chi connectivity index (χ2v) is 8.70. The minimum atomic E-state index is -0.809. The fourth-order valence-electron chi connectivity index (χ4n) is 4.00. The Morgan fingerprint density at radius 1 is 1.39 bits per heavy atom. The van der Waals surface area contributed by atoms with E-state index in [1.165, 1.54) is 36.8 Å². The molecule has 128 valence electrons. The Morgan fingerprint density at radius 2 is 2.13 bits per heavy atom. The van der Waals surface area contributed by atoms with Crippen molar-refractivity contribution in [2.75, 3.05) is 7.11 Å². The zero-order chi connectivity index (χ0) is 16.6. The van der Waals surface area contributed by atoms with E-state index in [0.717, 1.165) is 11.3 Å². The number of aliphatic hydroxyl groups excluding tert-OH is 1. The molecular formula is C18H28N2O2S. The van der Waals surface area contributed by atoms with Crippen LogP contribution in [-0.4, -0.2) is 23.8 Å². The highest BCUT2D eigenvalue weighted by molar-refractivity contribution is 7.12. The predicted molar refractivity (Wildman–Crippen MR) is 94.3 cm³/mol. The van der Waals surface area contributed by atoms with Gasteiger partial charge in [-0.25, -0.2) is 0 Å². The van der Waals surface area contributed by atoms with Crippen LogP contribution in [0.1, 0.15) is 61.5 Å². The van der Waals surface area contributed by atoms with Gasteiger partial charge in [-0.2, -0.15) is 0 Å². The molecule has 1 fully saturated rings. The Kier molecular flexibility index (Phi) is 4.83. The van der Waals surface area contributed by atoms with Crippen LogP contribution in [0.25, 0.3) is 0 Å². The van der Waals surface area contributed by atoms with Crippen molar-refractivity contribution in [3.8, 4) is 0 Å². The van der Waals surface area contributed by atoms with Gasteiger partial charge in [0.1, 0.15) is 0 Å². The van der Waals surface area contributed by atoms with E-state index in [4.69, 9.17) is 10.5 Å². The molecule has 3 rings (SSSR count). The van der Waals surface area contributed by atoms with Crippen LogP contribution in [0.5, 0.6) is 0 Å². The number of aliphatic hydroxyl groups is 1. The summed E-state index contributed by atoms with van der Waals surface area (Å²) in [4.78, 5) is 2.24. The van der Waals surface area contributed by atoms with Gasteiger partial charge in [-0.1, -0.05) is 6.42 Å². The molecule has 1 saturated carbocycles. The smallest absolute Gasteiger partial charge is 0.190 e. The number of hydrogen-bond donors (Lipinski definition) is 3. The number of nitrogens with one attached hydrogen (secondary N) is 1. The van der Waals surface area contributed by atoms with Crippen molar-refractivity contribution in [1.29, 1.82) is 0 Å². The standard InChI is InChI=1S/C18H28N2O2S/c1-18(2,19)9-11-10-20-16-12(11)5-4-6-13(16)14-7-8-15(23-14)17(21)22-3/h7-8,10,12-13,16-17,20-21H,4-6,9,19H2,1-3H3. The summed E-state index contributed by atoms with van der Waals surface area (Å²) in [6.45, 7) is 4.19. The molecule has 0 spiro atoms. The fourth-order valence-corrected chi connectivity index (χ4v) is 5.16. The van der Waals surface area contributed by atoms with Gasteiger partial charge in [0.05, 0.1) is 4.88 Å². The summed E-state index contributed by atoms with van der Waals surface area (Å²) in [5.74, 6) is 1.10. The summed E-state index contributed by atoms with van der Waals surface area (Å²) in [7, 11) is 1.53. The molecular weight excluding hydrogens is 308 g/mol. The molecule has 0 bridgehead atoms. The molecule has 1 aromatic heterocycles. The molecule has 4 nitrogen and oxygen atoms in total. The molecule has 0 amide bonds. The van der Waals surface area contributed by atoms with Crippen LogP contribution in [0, 0.1) is 5.92 Å².